The largest absolute Gasteiger partial charge is 0.397 e. The Morgan fingerprint density at radius 3 is 3.05 bits per heavy atom. The van der Waals surface area contributed by atoms with Gasteiger partial charge in [-0.25, -0.2) is 4.39 Å². The molecule has 5 nitrogen and oxygen atoms in total. The maximum atomic E-state index is 12.9. The summed E-state index contributed by atoms with van der Waals surface area (Å²) in [6.45, 7) is 2.16. The zero-order chi connectivity index (χ0) is 14.5. The van der Waals surface area contributed by atoms with E-state index in [0.717, 1.165) is 19.6 Å². The van der Waals surface area contributed by atoms with Gasteiger partial charge in [-0.15, -0.1) is 0 Å². The summed E-state index contributed by atoms with van der Waals surface area (Å²) in [6, 6.07) is 4.32. The molecule has 1 aliphatic rings. The number of hydrogen-bond donors (Lipinski definition) is 2. The minimum Gasteiger partial charge on any atom is -0.397 e. The number of nitrogens with two attached hydrogens (primary N) is 1. The van der Waals surface area contributed by atoms with Crippen LogP contribution >= 0.6 is 0 Å². The van der Waals surface area contributed by atoms with E-state index in [0.29, 0.717) is 24.7 Å². The minimum atomic E-state index is -0.415. The molecule has 1 aromatic carbocycles. The van der Waals surface area contributed by atoms with Crippen LogP contribution in [0.3, 0.4) is 0 Å². The molecule has 0 radical (unpaired) electrons. The molecule has 0 bridgehead atoms. The molecule has 3 N–H and O–H groups in total. The van der Waals surface area contributed by atoms with Gasteiger partial charge in [0.1, 0.15) is 5.82 Å². The number of likely N-dealkylation sites (N-methyl/N-ethyl adjacent to an activating group) is 1. The number of benzene rings is 1. The number of anilines is 2. The predicted octanol–water partition coefficient (Wildman–Crippen LogP) is 1.46. The molecule has 1 unspecified atom stereocenters. The third-order valence-electron chi connectivity index (χ3n) is 3.51. The fraction of sp³-hybridized carbons (Fsp3) is 0.500. The van der Waals surface area contributed by atoms with E-state index in [1.54, 1.807) is 0 Å². The molecule has 0 aliphatic carbocycles. The second kappa shape index (κ2) is 6.67. The van der Waals surface area contributed by atoms with E-state index in [9.17, 15) is 9.18 Å². The summed E-state index contributed by atoms with van der Waals surface area (Å²) in [5.74, 6) is -0.546. The molecule has 0 aromatic heterocycles. The summed E-state index contributed by atoms with van der Waals surface area (Å²) in [7, 11) is 1.99. The highest BCUT2D eigenvalue weighted by Crippen LogP contribution is 2.19. The average molecular weight is 281 g/mol. The molecule has 1 amide bonds. The second-order valence-corrected chi connectivity index (χ2v) is 5.03. The van der Waals surface area contributed by atoms with E-state index < -0.39 is 5.82 Å². The number of halogens is 1. The van der Waals surface area contributed by atoms with Crippen LogP contribution in [0, 0.1) is 5.82 Å². The van der Waals surface area contributed by atoms with Gasteiger partial charge in [-0.3, -0.25) is 4.79 Å². The zero-order valence-electron chi connectivity index (χ0n) is 11.6. The van der Waals surface area contributed by atoms with E-state index in [4.69, 9.17) is 10.5 Å². The molecular formula is C14H20FN3O2. The third-order valence-corrected chi connectivity index (χ3v) is 3.51. The number of nitrogens with zero attached hydrogens (tertiary/aromatic N) is 1. The fourth-order valence-electron chi connectivity index (χ4n) is 2.19. The van der Waals surface area contributed by atoms with Gasteiger partial charge in [0.05, 0.1) is 18.0 Å². The van der Waals surface area contributed by atoms with Crippen LogP contribution in [0.25, 0.3) is 0 Å². The SMILES string of the molecule is CN(CCC(=O)Nc1ccc(F)cc1N)C1CCOC1. The van der Waals surface area contributed by atoms with Crippen LogP contribution in [0.15, 0.2) is 18.2 Å². The van der Waals surface area contributed by atoms with Gasteiger partial charge in [-0.1, -0.05) is 0 Å². The van der Waals surface area contributed by atoms with Crippen LogP contribution in [0.2, 0.25) is 0 Å². The number of carbonyl (C=O) groups is 1. The van der Waals surface area contributed by atoms with E-state index in [1.165, 1.54) is 18.2 Å². The standard InChI is InChI=1S/C14H20FN3O2/c1-18(11-5-7-20-9-11)6-4-14(19)17-13-3-2-10(15)8-12(13)16/h2-3,8,11H,4-7,9,16H2,1H3,(H,17,19). The van der Waals surface area contributed by atoms with Crippen molar-refractivity contribution in [3.05, 3.63) is 24.0 Å². The molecule has 1 atom stereocenters. The van der Waals surface area contributed by atoms with Crippen molar-refractivity contribution in [3.63, 3.8) is 0 Å². The van der Waals surface area contributed by atoms with Gasteiger partial charge in [0.2, 0.25) is 5.91 Å². The molecule has 1 heterocycles. The summed E-state index contributed by atoms with van der Waals surface area (Å²) < 4.78 is 18.2. The lowest BCUT2D eigenvalue weighted by Crippen LogP contribution is -2.34. The molecule has 0 spiro atoms. The first kappa shape index (κ1) is 14.7. The Hall–Kier alpha value is -1.66. The summed E-state index contributed by atoms with van der Waals surface area (Å²) in [6.07, 6.45) is 1.37. The Kier molecular flexibility index (Phi) is 4.92. The van der Waals surface area contributed by atoms with Crippen LogP contribution in [0.1, 0.15) is 12.8 Å². The fourth-order valence-corrected chi connectivity index (χ4v) is 2.19. The van der Waals surface area contributed by atoms with Crippen molar-refractivity contribution < 1.29 is 13.9 Å². The number of amides is 1. The van der Waals surface area contributed by atoms with Gasteiger partial charge in [-0.05, 0) is 31.7 Å². The van der Waals surface area contributed by atoms with Gasteiger partial charge in [-0.2, -0.15) is 0 Å². The molecular weight excluding hydrogens is 261 g/mol. The lowest BCUT2D eigenvalue weighted by atomic mass is 10.2. The molecule has 2 rings (SSSR count). The van der Waals surface area contributed by atoms with E-state index in [-0.39, 0.29) is 11.6 Å². The maximum absolute atomic E-state index is 12.9. The Morgan fingerprint density at radius 1 is 1.60 bits per heavy atom. The molecule has 1 fully saturated rings. The van der Waals surface area contributed by atoms with Crippen molar-refractivity contribution in [2.75, 3.05) is 37.9 Å². The first-order valence-corrected chi connectivity index (χ1v) is 6.69. The smallest absolute Gasteiger partial charge is 0.225 e. The molecule has 110 valence electrons. The van der Waals surface area contributed by atoms with Crippen molar-refractivity contribution in [3.8, 4) is 0 Å². The molecule has 6 heteroatoms. The van der Waals surface area contributed by atoms with Crippen LogP contribution in [0.5, 0.6) is 0 Å². The molecule has 1 aromatic rings. The maximum Gasteiger partial charge on any atom is 0.225 e. The number of nitrogens with one attached hydrogen (secondary N) is 1. The van der Waals surface area contributed by atoms with Crippen LogP contribution in [0.4, 0.5) is 15.8 Å². The van der Waals surface area contributed by atoms with E-state index in [2.05, 4.69) is 10.2 Å². The van der Waals surface area contributed by atoms with Gasteiger partial charge in [0, 0.05) is 25.6 Å². The summed E-state index contributed by atoms with van der Waals surface area (Å²) >= 11 is 0. The van der Waals surface area contributed by atoms with Gasteiger partial charge >= 0.3 is 0 Å². The number of nitrogen functional groups attached to an aromatic ring is 1. The molecule has 1 saturated heterocycles. The summed E-state index contributed by atoms with van der Waals surface area (Å²) in [4.78, 5) is 14.0. The second-order valence-electron chi connectivity index (χ2n) is 5.03. The highest BCUT2D eigenvalue weighted by molar-refractivity contribution is 5.93. The van der Waals surface area contributed by atoms with Crippen molar-refractivity contribution in [2.45, 2.75) is 18.9 Å². The van der Waals surface area contributed by atoms with E-state index in [1.807, 2.05) is 7.05 Å². The Labute approximate surface area is 117 Å². The summed E-state index contributed by atoms with van der Waals surface area (Å²) in [5.41, 5.74) is 6.32. The van der Waals surface area contributed by atoms with Crippen molar-refractivity contribution in [1.29, 1.82) is 0 Å². The Morgan fingerprint density at radius 2 is 2.40 bits per heavy atom. The monoisotopic (exact) mass is 281 g/mol. The summed E-state index contributed by atoms with van der Waals surface area (Å²) in [5, 5.41) is 2.69. The normalized spacial score (nSPS) is 18.4. The molecule has 20 heavy (non-hydrogen) atoms. The number of rotatable bonds is 5. The van der Waals surface area contributed by atoms with Gasteiger partial charge in [0.15, 0.2) is 0 Å². The minimum absolute atomic E-state index is 0.130. The third kappa shape index (κ3) is 3.91. The van der Waals surface area contributed by atoms with Crippen molar-refractivity contribution in [1.82, 2.24) is 4.90 Å². The molecule has 1 aliphatic heterocycles. The number of ether oxygens (including phenoxy) is 1. The first-order valence-electron chi connectivity index (χ1n) is 6.69. The topological polar surface area (TPSA) is 67.6 Å². The predicted molar refractivity (Wildman–Crippen MR) is 75.9 cm³/mol. The van der Waals surface area contributed by atoms with Crippen LogP contribution < -0.4 is 11.1 Å². The van der Waals surface area contributed by atoms with Gasteiger partial charge in [0.25, 0.3) is 0 Å². The highest BCUT2D eigenvalue weighted by atomic mass is 19.1. The first-order chi connectivity index (χ1) is 9.56. The van der Waals surface area contributed by atoms with Crippen molar-refractivity contribution in [2.24, 2.45) is 0 Å². The average Bonchev–Trinajstić information content (AvgIpc) is 2.93. The zero-order valence-corrected chi connectivity index (χ0v) is 11.6. The highest BCUT2D eigenvalue weighted by Gasteiger charge is 2.20. The molecule has 0 saturated carbocycles. The Balaban J connectivity index is 1.80. The van der Waals surface area contributed by atoms with Crippen molar-refractivity contribution >= 4 is 17.3 Å². The Bertz CT molecular complexity index is 475. The quantitative estimate of drug-likeness (QED) is 0.802. The van der Waals surface area contributed by atoms with Crippen LogP contribution in [-0.4, -0.2) is 43.7 Å². The van der Waals surface area contributed by atoms with Gasteiger partial charge < -0.3 is 20.7 Å². The van der Waals surface area contributed by atoms with Crippen LogP contribution in [-0.2, 0) is 9.53 Å². The lowest BCUT2D eigenvalue weighted by molar-refractivity contribution is -0.116. The number of hydrogen-bond acceptors (Lipinski definition) is 4. The lowest BCUT2D eigenvalue weighted by Gasteiger charge is -2.22. The van der Waals surface area contributed by atoms with E-state index >= 15 is 0 Å². The number of carbonyl (C=O) groups excluding carboxylic acids is 1.